The molecule has 84 valence electrons. The minimum atomic E-state index is -0.377. The van der Waals surface area contributed by atoms with Crippen molar-refractivity contribution in [3.63, 3.8) is 0 Å². The number of rotatable bonds is 3. The van der Waals surface area contributed by atoms with Crippen LogP contribution in [0.1, 0.15) is 32.6 Å². The number of aliphatic hydroxyl groups is 1. The zero-order valence-electron chi connectivity index (χ0n) is 9.15. The SMILES string of the molecule is CC=CC=CC(=O)N[C@H]1CCCC[C@@H]1O. The van der Waals surface area contributed by atoms with E-state index in [1.807, 2.05) is 13.0 Å². The molecule has 3 heteroatoms. The average molecular weight is 209 g/mol. The molecule has 1 aliphatic carbocycles. The Balaban J connectivity index is 2.36. The smallest absolute Gasteiger partial charge is 0.244 e. The topological polar surface area (TPSA) is 49.3 Å². The van der Waals surface area contributed by atoms with Crippen molar-refractivity contribution in [1.82, 2.24) is 5.32 Å². The lowest BCUT2D eigenvalue weighted by molar-refractivity contribution is -0.118. The van der Waals surface area contributed by atoms with E-state index in [4.69, 9.17) is 0 Å². The normalized spacial score (nSPS) is 27.3. The molecule has 0 heterocycles. The number of aliphatic hydroxyl groups excluding tert-OH is 1. The molecule has 1 rings (SSSR count). The molecule has 1 fully saturated rings. The first kappa shape index (κ1) is 12.0. The Bertz CT molecular complexity index is 258. The number of nitrogens with one attached hydrogen (secondary N) is 1. The number of carbonyl (C=O) groups excluding carboxylic acids is 1. The molecule has 3 nitrogen and oxygen atoms in total. The highest BCUT2D eigenvalue weighted by Gasteiger charge is 2.23. The van der Waals surface area contributed by atoms with Gasteiger partial charge in [-0.25, -0.2) is 0 Å². The number of hydrogen-bond acceptors (Lipinski definition) is 2. The van der Waals surface area contributed by atoms with Gasteiger partial charge in [-0.2, -0.15) is 0 Å². The number of allylic oxidation sites excluding steroid dienone is 3. The van der Waals surface area contributed by atoms with Crippen molar-refractivity contribution in [3.05, 3.63) is 24.3 Å². The van der Waals surface area contributed by atoms with E-state index in [0.29, 0.717) is 0 Å². The Kier molecular flexibility index (Phi) is 5.12. The van der Waals surface area contributed by atoms with Gasteiger partial charge in [-0.3, -0.25) is 4.79 Å². The van der Waals surface area contributed by atoms with E-state index >= 15 is 0 Å². The summed E-state index contributed by atoms with van der Waals surface area (Å²) in [7, 11) is 0. The lowest BCUT2D eigenvalue weighted by atomic mass is 9.92. The van der Waals surface area contributed by atoms with E-state index in [0.717, 1.165) is 25.7 Å². The summed E-state index contributed by atoms with van der Waals surface area (Å²) in [6.07, 6.45) is 10.3. The van der Waals surface area contributed by atoms with Crippen molar-refractivity contribution in [2.45, 2.75) is 44.8 Å². The van der Waals surface area contributed by atoms with Crippen molar-refractivity contribution >= 4 is 5.91 Å². The van der Waals surface area contributed by atoms with Crippen LogP contribution in [0.3, 0.4) is 0 Å². The summed E-state index contributed by atoms with van der Waals surface area (Å²) >= 11 is 0. The van der Waals surface area contributed by atoms with Gasteiger partial charge in [-0.1, -0.05) is 31.1 Å². The van der Waals surface area contributed by atoms with Crippen LogP contribution in [-0.2, 0) is 4.79 Å². The van der Waals surface area contributed by atoms with Crippen molar-refractivity contribution in [2.75, 3.05) is 0 Å². The van der Waals surface area contributed by atoms with Crippen molar-refractivity contribution in [1.29, 1.82) is 0 Å². The van der Waals surface area contributed by atoms with Crippen molar-refractivity contribution in [3.8, 4) is 0 Å². The van der Waals surface area contributed by atoms with Gasteiger partial charge in [-0.05, 0) is 19.8 Å². The summed E-state index contributed by atoms with van der Waals surface area (Å²) in [6.45, 7) is 1.90. The van der Waals surface area contributed by atoms with Gasteiger partial charge in [-0.15, -0.1) is 0 Å². The van der Waals surface area contributed by atoms with Gasteiger partial charge in [0.15, 0.2) is 0 Å². The first-order chi connectivity index (χ1) is 7.24. The fraction of sp³-hybridized carbons (Fsp3) is 0.583. The van der Waals surface area contributed by atoms with Crippen LogP contribution in [-0.4, -0.2) is 23.2 Å². The van der Waals surface area contributed by atoms with Gasteiger partial charge in [0.2, 0.25) is 5.91 Å². The first-order valence-electron chi connectivity index (χ1n) is 5.52. The van der Waals surface area contributed by atoms with Crippen LogP contribution < -0.4 is 5.32 Å². The molecule has 15 heavy (non-hydrogen) atoms. The Labute approximate surface area is 90.9 Å². The number of amides is 1. The minimum absolute atomic E-state index is 0.0680. The predicted molar refractivity (Wildman–Crippen MR) is 60.4 cm³/mol. The van der Waals surface area contributed by atoms with E-state index < -0.39 is 0 Å². The van der Waals surface area contributed by atoms with Gasteiger partial charge in [0.25, 0.3) is 0 Å². The fourth-order valence-electron chi connectivity index (χ4n) is 1.76. The van der Waals surface area contributed by atoms with Gasteiger partial charge in [0, 0.05) is 6.08 Å². The monoisotopic (exact) mass is 209 g/mol. The van der Waals surface area contributed by atoms with E-state index in [2.05, 4.69) is 5.32 Å². The van der Waals surface area contributed by atoms with Gasteiger partial charge >= 0.3 is 0 Å². The van der Waals surface area contributed by atoms with Crippen LogP contribution in [0.2, 0.25) is 0 Å². The molecule has 0 aromatic heterocycles. The van der Waals surface area contributed by atoms with E-state index in [1.54, 1.807) is 12.2 Å². The lowest BCUT2D eigenvalue weighted by Gasteiger charge is -2.27. The predicted octanol–water partition coefficient (Wildman–Crippen LogP) is 1.54. The molecule has 0 unspecified atom stereocenters. The molecule has 0 spiro atoms. The second kappa shape index (κ2) is 6.40. The van der Waals surface area contributed by atoms with Gasteiger partial charge in [0.1, 0.15) is 0 Å². The maximum Gasteiger partial charge on any atom is 0.244 e. The highest BCUT2D eigenvalue weighted by Crippen LogP contribution is 2.18. The third kappa shape index (κ3) is 4.30. The Hall–Kier alpha value is -1.09. The number of hydrogen-bond donors (Lipinski definition) is 2. The standard InChI is InChI=1S/C12H19NO2/c1-2-3-4-9-12(15)13-10-7-5-6-8-11(10)14/h2-4,9-11,14H,5-8H2,1H3,(H,13,15)/t10-,11-/m0/s1. The van der Waals surface area contributed by atoms with Gasteiger partial charge in [0.05, 0.1) is 12.1 Å². The Morgan fingerprint density at radius 2 is 2.07 bits per heavy atom. The van der Waals surface area contributed by atoms with Crippen molar-refractivity contribution < 1.29 is 9.90 Å². The molecule has 1 aliphatic rings. The summed E-state index contributed by atoms with van der Waals surface area (Å²) in [5.74, 6) is -0.126. The molecule has 1 saturated carbocycles. The minimum Gasteiger partial charge on any atom is -0.391 e. The second-order valence-electron chi connectivity index (χ2n) is 3.85. The first-order valence-corrected chi connectivity index (χ1v) is 5.52. The fourth-order valence-corrected chi connectivity index (χ4v) is 1.76. The third-order valence-corrected chi connectivity index (χ3v) is 2.61. The van der Waals surface area contributed by atoms with Crippen LogP contribution in [0, 0.1) is 0 Å². The number of carbonyl (C=O) groups is 1. The van der Waals surface area contributed by atoms with Crippen molar-refractivity contribution in [2.24, 2.45) is 0 Å². The van der Waals surface area contributed by atoms with Crippen LogP contribution in [0.15, 0.2) is 24.3 Å². The van der Waals surface area contributed by atoms with E-state index in [-0.39, 0.29) is 18.1 Å². The molecular formula is C12H19NO2. The molecule has 0 aromatic rings. The molecule has 2 atom stereocenters. The highest BCUT2D eigenvalue weighted by atomic mass is 16.3. The Morgan fingerprint density at radius 1 is 1.33 bits per heavy atom. The van der Waals surface area contributed by atoms with Gasteiger partial charge < -0.3 is 10.4 Å². The van der Waals surface area contributed by atoms with Crippen LogP contribution in [0.25, 0.3) is 0 Å². The maximum atomic E-state index is 11.4. The zero-order chi connectivity index (χ0) is 11.1. The molecule has 0 aromatic carbocycles. The summed E-state index contributed by atoms with van der Waals surface area (Å²) in [5.41, 5.74) is 0. The van der Waals surface area contributed by atoms with E-state index in [9.17, 15) is 9.90 Å². The zero-order valence-corrected chi connectivity index (χ0v) is 9.15. The third-order valence-electron chi connectivity index (χ3n) is 2.61. The summed E-state index contributed by atoms with van der Waals surface area (Å²) in [5, 5.41) is 12.5. The lowest BCUT2D eigenvalue weighted by Crippen LogP contribution is -2.44. The average Bonchev–Trinajstić information content (AvgIpc) is 2.22. The van der Waals surface area contributed by atoms with E-state index in [1.165, 1.54) is 6.08 Å². The van der Waals surface area contributed by atoms with Crippen LogP contribution in [0.5, 0.6) is 0 Å². The molecule has 0 aliphatic heterocycles. The second-order valence-corrected chi connectivity index (χ2v) is 3.85. The summed E-state index contributed by atoms with van der Waals surface area (Å²) in [4.78, 5) is 11.4. The quantitative estimate of drug-likeness (QED) is 0.547. The Morgan fingerprint density at radius 3 is 2.73 bits per heavy atom. The molecule has 1 amide bonds. The summed E-state index contributed by atoms with van der Waals surface area (Å²) in [6, 6.07) is -0.0680. The van der Waals surface area contributed by atoms with Crippen LogP contribution >= 0.6 is 0 Å². The highest BCUT2D eigenvalue weighted by molar-refractivity contribution is 5.88. The maximum absolute atomic E-state index is 11.4. The van der Waals surface area contributed by atoms with Crippen LogP contribution in [0.4, 0.5) is 0 Å². The molecule has 2 N–H and O–H groups in total. The molecule has 0 bridgehead atoms. The summed E-state index contributed by atoms with van der Waals surface area (Å²) < 4.78 is 0. The molecule has 0 saturated heterocycles. The molecular weight excluding hydrogens is 190 g/mol. The largest absolute Gasteiger partial charge is 0.391 e. The molecule has 0 radical (unpaired) electrons.